The zero-order valence-electron chi connectivity index (χ0n) is 38.3. The number of sulfonamides is 1. The van der Waals surface area contributed by atoms with Crippen molar-refractivity contribution >= 4 is 66.9 Å². The predicted octanol–water partition coefficient (Wildman–Crippen LogP) is 7.42. The van der Waals surface area contributed by atoms with E-state index in [4.69, 9.17) is 35.5 Å². The number of halogens is 1. The van der Waals surface area contributed by atoms with E-state index in [1.54, 1.807) is 12.3 Å². The van der Waals surface area contributed by atoms with Crippen LogP contribution < -0.4 is 28.7 Å². The zero-order chi connectivity index (χ0) is 47.3. The second kappa shape index (κ2) is 18.5. The highest BCUT2D eigenvalue weighted by molar-refractivity contribution is 7.90. The minimum atomic E-state index is -4.70. The summed E-state index contributed by atoms with van der Waals surface area (Å²) in [6, 6.07) is 19.5. The van der Waals surface area contributed by atoms with Crippen molar-refractivity contribution in [3.8, 4) is 17.4 Å². The first-order valence-electron chi connectivity index (χ1n) is 23.2. The molecule has 10 rings (SSSR count). The number of anilines is 3. The Balaban J connectivity index is 0.927. The maximum Gasteiger partial charge on any atom is 0.316 e. The van der Waals surface area contributed by atoms with Crippen molar-refractivity contribution in [3.05, 3.63) is 105 Å². The number of H-pyrrole nitrogens is 1. The van der Waals surface area contributed by atoms with Crippen LogP contribution in [0.15, 0.2) is 83.4 Å². The number of nitro benzene ring substituents is 1. The topological polar surface area (TPSA) is 185 Å². The number of nitrogens with zero attached hydrogens (tertiary/aromatic N) is 6. The number of aromatic nitrogens is 2. The molecule has 2 atom stereocenters. The van der Waals surface area contributed by atoms with Crippen LogP contribution in [0.2, 0.25) is 5.02 Å². The van der Waals surface area contributed by atoms with Crippen LogP contribution in [0.5, 0.6) is 17.4 Å². The molecule has 2 saturated heterocycles. The molecule has 2 fully saturated rings. The SMILES string of the molecule is C[C@@H]1CN(c2cc(N3CCN(CC4=C(c5ccc(Cl)cc5)CC(C)(C)CC4)CC3)ccc2C(=O)NS(=O)(=O)c2cc3c(c([N+](=O)[O-])c2)OC(CN2CCOCC2)CO3)c2cc3cc[nH]c3nc2O1. The molecule has 3 aromatic carbocycles. The number of pyridine rings is 1. The second-order valence-corrected chi connectivity index (χ2v) is 21.2. The number of fused-ring (bicyclic) bond motifs is 3. The smallest absolute Gasteiger partial charge is 0.316 e. The molecule has 358 valence electrons. The molecule has 5 aliphatic rings. The van der Waals surface area contributed by atoms with Crippen LogP contribution in [0.3, 0.4) is 0 Å². The summed E-state index contributed by atoms with van der Waals surface area (Å²) in [6.07, 6.45) is 4.10. The maximum atomic E-state index is 14.5. The normalized spacial score (nSPS) is 21.1. The lowest BCUT2D eigenvalue weighted by Gasteiger charge is -2.40. The lowest BCUT2D eigenvalue weighted by molar-refractivity contribution is -0.386. The molecule has 1 amide bonds. The molecule has 6 heterocycles. The summed E-state index contributed by atoms with van der Waals surface area (Å²) in [4.78, 5) is 42.4. The van der Waals surface area contributed by atoms with Crippen LogP contribution in [0.25, 0.3) is 16.6 Å². The van der Waals surface area contributed by atoms with Crippen molar-refractivity contribution in [1.82, 2.24) is 24.5 Å². The molecule has 2 aromatic heterocycles. The summed E-state index contributed by atoms with van der Waals surface area (Å²) in [6.45, 7) is 13.9. The molecular weight excluding hydrogens is 912 g/mol. The van der Waals surface area contributed by atoms with Crippen molar-refractivity contribution in [1.29, 1.82) is 0 Å². The van der Waals surface area contributed by atoms with E-state index < -0.39 is 37.5 Å². The summed E-state index contributed by atoms with van der Waals surface area (Å²) in [7, 11) is -4.70. The van der Waals surface area contributed by atoms with E-state index >= 15 is 0 Å². The largest absolute Gasteiger partial charge is 0.485 e. The van der Waals surface area contributed by atoms with Crippen LogP contribution in [0, 0.1) is 15.5 Å². The Bertz CT molecular complexity index is 2890. The number of nitrogens with one attached hydrogen (secondary N) is 2. The van der Waals surface area contributed by atoms with Crippen LogP contribution in [0.1, 0.15) is 56.0 Å². The fraction of sp³-hybridized carbons (Fsp3) is 0.429. The van der Waals surface area contributed by atoms with E-state index in [9.17, 15) is 23.3 Å². The van der Waals surface area contributed by atoms with Gasteiger partial charge >= 0.3 is 5.69 Å². The first-order chi connectivity index (χ1) is 32.7. The number of amides is 1. The lowest BCUT2D eigenvalue weighted by atomic mass is 9.72. The molecule has 0 bridgehead atoms. The van der Waals surface area contributed by atoms with Crippen molar-refractivity contribution < 1.29 is 37.1 Å². The summed E-state index contributed by atoms with van der Waals surface area (Å²) >= 11 is 6.28. The van der Waals surface area contributed by atoms with Gasteiger partial charge in [0.15, 0.2) is 5.75 Å². The molecule has 17 nitrogen and oxygen atoms in total. The van der Waals surface area contributed by atoms with Crippen molar-refractivity contribution in [2.24, 2.45) is 5.41 Å². The highest BCUT2D eigenvalue weighted by Crippen LogP contribution is 2.46. The molecule has 5 aromatic rings. The van der Waals surface area contributed by atoms with Gasteiger partial charge in [-0.1, -0.05) is 43.2 Å². The van der Waals surface area contributed by atoms with Crippen molar-refractivity contribution in [3.63, 3.8) is 0 Å². The monoisotopic (exact) mass is 966 g/mol. The van der Waals surface area contributed by atoms with Gasteiger partial charge in [0.05, 0.1) is 40.8 Å². The molecule has 1 unspecified atom stereocenters. The number of nitro groups is 1. The average molecular weight is 968 g/mol. The Labute approximate surface area is 400 Å². The van der Waals surface area contributed by atoms with Gasteiger partial charge in [0.25, 0.3) is 15.9 Å². The van der Waals surface area contributed by atoms with Gasteiger partial charge in [-0.2, -0.15) is 4.98 Å². The third-order valence-corrected chi connectivity index (χ3v) is 15.2. The standard InChI is InChI=1S/C49H55ClN8O9S/c1-31-27-57(43-22-33-11-13-51-46(33)52-48(43)66-31)41-23-36(56-16-14-54(15-17-56)28-34-10-12-49(2,3)26-40(34)32-4-6-35(50)7-5-32)8-9-39(41)47(59)53-68(62,63)38-24-42(58(60)61)45-44(25-38)65-30-37(67-45)29-55-18-20-64-21-19-55/h4-9,11,13,22-25,31,37H,10,12,14-21,26-30H2,1-3H3,(H,51,52)(H,53,59)/t31-,37?/m1/s1. The van der Waals surface area contributed by atoms with Crippen molar-refractivity contribution in [2.75, 3.05) is 88.5 Å². The number of benzene rings is 3. The third kappa shape index (κ3) is 9.56. The first kappa shape index (κ1) is 45.8. The maximum absolute atomic E-state index is 14.5. The molecule has 4 aliphatic heterocycles. The van der Waals surface area contributed by atoms with Crippen LogP contribution in [-0.4, -0.2) is 130 Å². The zero-order valence-corrected chi connectivity index (χ0v) is 39.9. The number of hydrogen-bond acceptors (Lipinski definition) is 14. The molecule has 0 spiro atoms. The molecule has 68 heavy (non-hydrogen) atoms. The second-order valence-electron chi connectivity index (χ2n) is 19.1. The molecule has 1 aliphatic carbocycles. The fourth-order valence-corrected chi connectivity index (χ4v) is 11.1. The van der Waals surface area contributed by atoms with Crippen molar-refractivity contribution in [2.45, 2.75) is 57.1 Å². The highest BCUT2D eigenvalue weighted by Gasteiger charge is 2.36. The predicted molar refractivity (Wildman–Crippen MR) is 259 cm³/mol. The minimum Gasteiger partial charge on any atom is -0.485 e. The van der Waals surface area contributed by atoms with Gasteiger partial charge in [0.1, 0.15) is 30.1 Å². The molecule has 2 N–H and O–H groups in total. The van der Waals surface area contributed by atoms with E-state index in [1.165, 1.54) is 16.7 Å². The minimum absolute atomic E-state index is 0.0489. The quantitative estimate of drug-likeness (QED) is 0.0985. The fourth-order valence-electron chi connectivity index (χ4n) is 9.94. The summed E-state index contributed by atoms with van der Waals surface area (Å²) < 4.78 is 54.1. The Hall–Kier alpha value is -5.92. The van der Waals surface area contributed by atoms with Gasteiger partial charge in [-0.15, -0.1) is 0 Å². The summed E-state index contributed by atoms with van der Waals surface area (Å²) in [5, 5.41) is 14.0. The van der Waals surface area contributed by atoms with Crippen LogP contribution in [0.4, 0.5) is 22.7 Å². The Kier molecular flexibility index (Phi) is 12.5. The van der Waals surface area contributed by atoms with E-state index in [0.717, 1.165) is 80.2 Å². The first-order valence-corrected chi connectivity index (χ1v) is 25.0. The molecule has 0 saturated carbocycles. The number of ether oxygens (including phenoxy) is 4. The van der Waals surface area contributed by atoms with Gasteiger partial charge in [0.2, 0.25) is 11.6 Å². The van der Waals surface area contributed by atoms with Gasteiger partial charge < -0.3 is 33.7 Å². The van der Waals surface area contributed by atoms with E-state index in [2.05, 4.69) is 50.4 Å². The summed E-state index contributed by atoms with van der Waals surface area (Å²) in [5.41, 5.74) is 6.38. The third-order valence-electron chi connectivity index (χ3n) is 13.6. The van der Waals surface area contributed by atoms with Gasteiger partial charge in [-0.3, -0.25) is 24.7 Å². The summed E-state index contributed by atoms with van der Waals surface area (Å²) in [5.74, 6) is -0.812. The number of hydrogen-bond donors (Lipinski definition) is 2. The molecule has 19 heteroatoms. The Morgan fingerprint density at radius 3 is 2.51 bits per heavy atom. The van der Waals surface area contributed by atoms with E-state index in [1.807, 2.05) is 48.2 Å². The molecular formula is C49H55ClN8O9S. The van der Waals surface area contributed by atoms with E-state index in [-0.39, 0.29) is 35.2 Å². The number of morpholine rings is 1. The van der Waals surface area contributed by atoms with Gasteiger partial charge in [-0.05, 0) is 85.2 Å². The van der Waals surface area contributed by atoms with Gasteiger partial charge in [-0.25, -0.2) is 13.1 Å². The van der Waals surface area contributed by atoms with E-state index in [0.29, 0.717) is 62.3 Å². The Morgan fingerprint density at radius 2 is 1.75 bits per heavy atom. The van der Waals surface area contributed by atoms with Crippen LogP contribution >= 0.6 is 11.6 Å². The number of rotatable bonds is 11. The van der Waals surface area contributed by atoms with Gasteiger partial charge in [0, 0.05) is 86.8 Å². The lowest BCUT2D eigenvalue weighted by Crippen LogP contribution is -2.47. The average Bonchev–Trinajstić information content (AvgIpc) is 3.78. The number of aromatic amines is 1. The highest BCUT2D eigenvalue weighted by atomic mass is 35.5. The Morgan fingerprint density at radius 1 is 0.971 bits per heavy atom. The number of piperazine rings is 1. The van der Waals surface area contributed by atoms with Crippen LogP contribution in [-0.2, 0) is 14.8 Å². The number of allylic oxidation sites excluding steroid dienone is 1. The number of carbonyl (C=O) groups is 1. The molecule has 0 radical (unpaired) electrons. The number of carbonyl (C=O) groups excluding carboxylic acids is 1.